The van der Waals surface area contributed by atoms with Gasteiger partial charge in [-0.05, 0) is 32.8 Å². The lowest BCUT2D eigenvalue weighted by molar-refractivity contribution is -0.140. The Labute approximate surface area is 128 Å². The zero-order valence-corrected chi connectivity index (χ0v) is 12.8. The molecule has 0 aromatic carbocycles. The minimum absolute atomic E-state index is 0.0398. The Morgan fingerprint density at radius 3 is 2.82 bits per heavy atom. The zero-order chi connectivity index (χ0) is 16.1. The molecular formula is C16H18O6. The van der Waals surface area contributed by atoms with E-state index in [4.69, 9.17) is 14.2 Å². The average Bonchev–Trinajstić information content (AvgIpc) is 2.96. The molecular weight excluding hydrogens is 288 g/mol. The summed E-state index contributed by atoms with van der Waals surface area (Å²) in [6, 6.07) is 0. The first kappa shape index (κ1) is 15.0. The molecule has 1 saturated heterocycles. The van der Waals surface area contributed by atoms with Gasteiger partial charge in [-0.3, -0.25) is 4.79 Å². The van der Waals surface area contributed by atoms with Crippen LogP contribution in [0.1, 0.15) is 33.1 Å². The smallest absolute Gasteiger partial charge is 0.334 e. The summed E-state index contributed by atoms with van der Waals surface area (Å²) in [7, 11) is 1.25. The summed E-state index contributed by atoms with van der Waals surface area (Å²) in [6.07, 6.45) is 2.18. The zero-order valence-electron chi connectivity index (χ0n) is 12.8. The number of methoxy groups -OCH3 is 1. The molecule has 3 atom stereocenters. The maximum atomic E-state index is 12.7. The highest BCUT2D eigenvalue weighted by Crippen LogP contribution is 2.45. The molecule has 0 amide bonds. The van der Waals surface area contributed by atoms with E-state index in [-0.39, 0.29) is 29.5 Å². The quantitative estimate of drug-likeness (QED) is 0.412. The SMILES string of the molecule is COC(=O)/C(C)=C1\C(=O)C[C@]2(C)O[C@H]2CCC2=C[C@H]1OC2=O. The Kier molecular flexibility index (Phi) is 3.44. The van der Waals surface area contributed by atoms with Gasteiger partial charge in [0.2, 0.25) is 0 Å². The number of hydrogen-bond donors (Lipinski definition) is 0. The van der Waals surface area contributed by atoms with Gasteiger partial charge in [0.05, 0.1) is 18.8 Å². The molecule has 22 heavy (non-hydrogen) atoms. The van der Waals surface area contributed by atoms with Crippen molar-refractivity contribution in [2.45, 2.75) is 50.9 Å². The van der Waals surface area contributed by atoms with Gasteiger partial charge in [-0.2, -0.15) is 0 Å². The van der Waals surface area contributed by atoms with E-state index in [1.165, 1.54) is 14.0 Å². The van der Waals surface area contributed by atoms with Crippen LogP contribution in [0, 0.1) is 0 Å². The number of rotatable bonds is 1. The van der Waals surface area contributed by atoms with Gasteiger partial charge >= 0.3 is 11.9 Å². The fourth-order valence-electron chi connectivity index (χ4n) is 3.16. The van der Waals surface area contributed by atoms with Crippen LogP contribution in [0.5, 0.6) is 0 Å². The molecule has 2 bridgehead atoms. The molecule has 0 unspecified atom stereocenters. The Morgan fingerprint density at radius 1 is 1.41 bits per heavy atom. The summed E-state index contributed by atoms with van der Waals surface area (Å²) >= 11 is 0. The van der Waals surface area contributed by atoms with E-state index in [1.54, 1.807) is 6.08 Å². The number of ether oxygens (including phenoxy) is 3. The average molecular weight is 306 g/mol. The van der Waals surface area contributed by atoms with Gasteiger partial charge in [0, 0.05) is 23.1 Å². The standard InChI is InChI=1S/C16H18O6/c1-8(14(18)20-3)13-10(17)7-16(2)12(22-16)5-4-9-6-11(13)21-15(9)19/h6,11-12H,4-5,7H2,1-3H3/b13-8+/t11-,12+,16+/m1/s1. The molecule has 0 aromatic rings. The lowest BCUT2D eigenvalue weighted by Crippen LogP contribution is -2.26. The van der Waals surface area contributed by atoms with Crippen LogP contribution in [0.4, 0.5) is 0 Å². The van der Waals surface area contributed by atoms with Crippen molar-refractivity contribution in [1.29, 1.82) is 0 Å². The molecule has 3 rings (SSSR count). The third-order valence-corrected chi connectivity index (χ3v) is 4.55. The first-order valence-electron chi connectivity index (χ1n) is 7.27. The lowest BCUT2D eigenvalue weighted by Gasteiger charge is -2.16. The van der Waals surface area contributed by atoms with Crippen molar-refractivity contribution < 1.29 is 28.6 Å². The molecule has 118 valence electrons. The summed E-state index contributed by atoms with van der Waals surface area (Å²) in [4.78, 5) is 36.4. The maximum Gasteiger partial charge on any atom is 0.334 e. The van der Waals surface area contributed by atoms with Gasteiger partial charge in [0.1, 0.15) is 0 Å². The normalized spacial score (nSPS) is 36.0. The van der Waals surface area contributed by atoms with E-state index in [0.717, 1.165) is 0 Å². The van der Waals surface area contributed by atoms with Crippen LogP contribution in [-0.2, 0) is 28.6 Å². The second-order valence-electron chi connectivity index (χ2n) is 6.11. The van der Waals surface area contributed by atoms with Crippen molar-refractivity contribution in [3.63, 3.8) is 0 Å². The van der Waals surface area contributed by atoms with Gasteiger partial charge in [0.25, 0.3) is 0 Å². The largest absolute Gasteiger partial charge is 0.466 e. The highest BCUT2D eigenvalue weighted by Gasteiger charge is 2.54. The van der Waals surface area contributed by atoms with Crippen molar-refractivity contribution in [2.75, 3.05) is 7.11 Å². The summed E-state index contributed by atoms with van der Waals surface area (Å²) in [5.74, 6) is -1.28. The molecule has 0 radical (unpaired) electrons. The number of Topliss-reactive ketones (excluding diaryl/α,β-unsaturated/α-hetero) is 1. The van der Waals surface area contributed by atoms with Gasteiger partial charge in [-0.25, -0.2) is 9.59 Å². The number of esters is 2. The van der Waals surface area contributed by atoms with Crippen LogP contribution in [0.25, 0.3) is 0 Å². The van der Waals surface area contributed by atoms with E-state index < -0.39 is 23.6 Å². The molecule has 1 fully saturated rings. The van der Waals surface area contributed by atoms with Crippen molar-refractivity contribution in [3.05, 3.63) is 22.8 Å². The summed E-state index contributed by atoms with van der Waals surface area (Å²) in [5, 5.41) is 0. The van der Waals surface area contributed by atoms with Crippen LogP contribution in [0.2, 0.25) is 0 Å². The van der Waals surface area contributed by atoms with Crippen molar-refractivity contribution in [3.8, 4) is 0 Å². The summed E-state index contributed by atoms with van der Waals surface area (Å²) in [5.41, 5.74) is 0.378. The van der Waals surface area contributed by atoms with Gasteiger partial charge in [-0.15, -0.1) is 0 Å². The predicted octanol–water partition coefficient (Wildman–Crippen LogP) is 1.24. The molecule has 0 aromatic heterocycles. The number of epoxide rings is 1. The first-order chi connectivity index (χ1) is 10.4. The minimum Gasteiger partial charge on any atom is -0.466 e. The molecule has 2 heterocycles. The van der Waals surface area contributed by atoms with Crippen LogP contribution in [-0.4, -0.2) is 42.6 Å². The molecule has 0 spiro atoms. The Bertz CT molecular complexity index is 629. The summed E-state index contributed by atoms with van der Waals surface area (Å²) in [6.45, 7) is 3.39. The Hall–Kier alpha value is -1.95. The fraction of sp³-hybridized carbons (Fsp3) is 0.562. The monoisotopic (exact) mass is 306 g/mol. The third-order valence-electron chi connectivity index (χ3n) is 4.55. The van der Waals surface area contributed by atoms with Crippen molar-refractivity contribution in [1.82, 2.24) is 0 Å². The molecule has 3 aliphatic rings. The second kappa shape index (κ2) is 5.05. The molecule has 2 aliphatic heterocycles. The maximum absolute atomic E-state index is 12.7. The van der Waals surface area contributed by atoms with Gasteiger partial charge < -0.3 is 14.2 Å². The Balaban J connectivity index is 2.04. The fourth-order valence-corrected chi connectivity index (χ4v) is 3.16. The lowest BCUT2D eigenvalue weighted by atomic mass is 9.88. The van der Waals surface area contributed by atoms with E-state index in [0.29, 0.717) is 18.4 Å². The summed E-state index contributed by atoms with van der Waals surface area (Å²) < 4.78 is 15.6. The highest BCUT2D eigenvalue weighted by molar-refractivity contribution is 6.06. The molecule has 6 nitrogen and oxygen atoms in total. The topological polar surface area (TPSA) is 82.2 Å². The predicted molar refractivity (Wildman–Crippen MR) is 74.8 cm³/mol. The van der Waals surface area contributed by atoms with E-state index >= 15 is 0 Å². The van der Waals surface area contributed by atoms with Gasteiger partial charge in [-0.1, -0.05) is 0 Å². The van der Waals surface area contributed by atoms with E-state index in [9.17, 15) is 14.4 Å². The second-order valence-corrected chi connectivity index (χ2v) is 6.11. The number of carbonyl (C=O) groups excluding carboxylic acids is 3. The van der Waals surface area contributed by atoms with Crippen molar-refractivity contribution in [2.24, 2.45) is 0 Å². The van der Waals surface area contributed by atoms with Crippen LogP contribution >= 0.6 is 0 Å². The number of ketones is 1. The third kappa shape index (κ3) is 2.37. The molecule has 0 N–H and O–H groups in total. The molecule has 0 saturated carbocycles. The minimum atomic E-state index is -0.812. The van der Waals surface area contributed by atoms with Crippen molar-refractivity contribution >= 4 is 17.7 Å². The first-order valence-corrected chi connectivity index (χ1v) is 7.27. The van der Waals surface area contributed by atoms with Crippen LogP contribution in [0.15, 0.2) is 22.8 Å². The van der Waals surface area contributed by atoms with E-state index in [1.807, 2.05) is 6.92 Å². The number of hydrogen-bond acceptors (Lipinski definition) is 6. The highest BCUT2D eigenvalue weighted by atomic mass is 16.6. The number of fused-ring (bicyclic) bond motifs is 2. The van der Waals surface area contributed by atoms with Gasteiger partial charge in [0.15, 0.2) is 11.9 Å². The molecule has 1 aliphatic carbocycles. The van der Waals surface area contributed by atoms with E-state index in [2.05, 4.69) is 0 Å². The van der Waals surface area contributed by atoms with Crippen LogP contribution < -0.4 is 0 Å². The molecule has 6 heteroatoms. The number of carbonyl (C=O) groups is 3. The Morgan fingerprint density at radius 2 is 2.14 bits per heavy atom. The van der Waals surface area contributed by atoms with Crippen LogP contribution in [0.3, 0.4) is 0 Å².